The number of fused-ring (bicyclic) bond motifs is 7. The molecule has 2 aromatic heterocycles. The molecule has 0 radical (unpaired) electrons. The maximum absolute atomic E-state index is 5.35. The summed E-state index contributed by atoms with van der Waals surface area (Å²) in [6.07, 6.45) is 0. The van der Waals surface area contributed by atoms with Crippen LogP contribution in [0.15, 0.2) is 200 Å². The molecule has 0 N–H and O–H groups in total. The summed E-state index contributed by atoms with van der Waals surface area (Å²) in [7, 11) is 0. The van der Waals surface area contributed by atoms with Gasteiger partial charge in [0.1, 0.15) is 0 Å². The molecule has 0 aliphatic rings. The summed E-state index contributed by atoms with van der Waals surface area (Å²) < 4.78 is 2.40. The monoisotopic (exact) mass is 699 g/mol. The van der Waals surface area contributed by atoms with E-state index in [9.17, 15) is 0 Å². The SMILES string of the molecule is c1ccc(-c2nc(-c3ccc(-c4cccc5c6ccccc6n(-c6ccccc6)c45)cc3)cc(-c3c4ccccc4cc4ccc5ccccc5c34)n2)cc1. The highest BCUT2D eigenvalue weighted by Gasteiger charge is 2.19. The number of hydrogen-bond acceptors (Lipinski definition) is 2. The number of benzene rings is 9. The van der Waals surface area contributed by atoms with Crippen molar-refractivity contribution < 1.29 is 0 Å². The Morgan fingerprint density at radius 3 is 1.80 bits per heavy atom. The molecule has 0 fully saturated rings. The third kappa shape index (κ3) is 5.13. The normalized spacial score (nSPS) is 11.6. The Morgan fingerprint density at radius 2 is 0.982 bits per heavy atom. The Bertz CT molecular complexity index is 3230. The van der Waals surface area contributed by atoms with Crippen molar-refractivity contribution in [2.45, 2.75) is 0 Å². The van der Waals surface area contributed by atoms with Crippen LogP contribution in [-0.2, 0) is 0 Å². The predicted octanol–water partition coefficient (Wildman–Crippen LogP) is 13.7. The molecule has 3 heteroatoms. The van der Waals surface area contributed by atoms with Crippen LogP contribution >= 0.6 is 0 Å². The molecule has 11 rings (SSSR count). The van der Waals surface area contributed by atoms with Crippen LogP contribution in [0.3, 0.4) is 0 Å². The first-order valence-corrected chi connectivity index (χ1v) is 18.7. The lowest BCUT2D eigenvalue weighted by molar-refractivity contribution is 1.18. The first-order valence-electron chi connectivity index (χ1n) is 18.7. The summed E-state index contributed by atoms with van der Waals surface area (Å²) in [6.45, 7) is 0. The Kier molecular flexibility index (Phi) is 7.17. The molecule has 0 saturated carbocycles. The van der Waals surface area contributed by atoms with Crippen LogP contribution in [0.1, 0.15) is 0 Å². The van der Waals surface area contributed by atoms with Crippen molar-refractivity contribution in [2.75, 3.05) is 0 Å². The number of nitrogens with zero attached hydrogens (tertiary/aromatic N) is 3. The van der Waals surface area contributed by atoms with Crippen LogP contribution < -0.4 is 0 Å². The number of para-hydroxylation sites is 3. The van der Waals surface area contributed by atoms with Crippen molar-refractivity contribution in [3.8, 4) is 50.7 Å². The second kappa shape index (κ2) is 12.6. The fourth-order valence-electron chi connectivity index (χ4n) is 8.46. The van der Waals surface area contributed by atoms with Crippen LogP contribution in [0.4, 0.5) is 0 Å². The second-order valence-corrected chi connectivity index (χ2v) is 14.2. The molecule has 256 valence electrons. The molecule has 0 aliphatic carbocycles. The quantitative estimate of drug-likeness (QED) is 0.132. The van der Waals surface area contributed by atoms with Crippen molar-refractivity contribution in [3.05, 3.63) is 200 Å². The number of hydrogen-bond donors (Lipinski definition) is 0. The average molecular weight is 700 g/mol. The van der Waals surface area contributed by atoms with E-state index in [1.165, 1.54) is 59.7 Å². The molecular formula is C52H33N3. The molecule has 0 atom stereocenters. The molecule has 2 heterocycles. The summed E-state index contributed by atoms with van der Waals surface area (Å²) in [4.78, 5) is 10.6. The van der Waals surface area contributed by atoms with E-state index in [0.29, 0.717) is 5.82 Å². The van der Waals surface area contributed by atoms with Crippen LogP contribution in [0, 0.1) is 0 Å². The maximum Gasteiger partial charge on any atom is 0.160 e. The smallest absolute Gasteiger partial charge is 0.160 e. The average Bonchev–Trinajstić information content (AvgIpc) is 3.61. The maximum atomic E-state index is 5.35. The minimum atomic E-state index is 0.704. The van der Waals surface area contributed by atoms with Crippen molar-refractivity contribution in [1.29, 1.82) is 0 Å². The molecule has 55 heavy (non-hydrogen) atoms. The first kappa shape index (κ1) is 31.2. The van der Waals surface area contributed by atoms with E-state index in [1.54, 1.807) is 0 Å². The largest absolute Gasteiger partial charge is 0.309 e. The van der Waals surface area contributed by atoms with Crippen molar-refractivity contribution in [1.82, 2.24) is 14.5 Å². The molecule has 3 nitrogen and oxygen atoms in total. The summed E-state index contributed by atoms with van der Waals surface area (Å²) in [5, 5.41) is 9.67. The zero-order valence-electron chi connectivity index (χ0n) is 29.9. The van der Waals surface area contributed by atoms with Gasteiger partial charge in [-0.1, -0.05) is 170 Å². The van der Waals surface area contributed by atoms with Crippen molar-refractivity contribution in [3.63, 3.8) is 0 Å². The van der Waals surface area contributed by atoms with Crippen molar-refractivity contribution in [2.24, 2.45) is 0 Å². The molecule has 0 saturated heterocycles. The zero-order chi connectivity index (χ0) is 36.3. The third-order valence-corrected chi connectivity index (χ3v) is 11.0. The van der Waals surface area contributed by atoms with Gasteiger partial charge in [0.2, 0.25) is 0 Å². The van der Waals surface area contributed by atoms with Crippen LogP contribution in [0.25, 0.3) is 105 Å². The highest BCUT2D eigenvalue weighted by Crippen LogP contribution is 2.42. The van der Waals surface area contributed by atoms with Gasteiger partial charge in [-0.3, -0.25) is 0 Å². The van der Waals surface area contributed by atoms with E-state index >= 15 is 0 Å². The van der Waals surface area contributed by atoms with Crippen molar-refractivity contribution >= 4 is 54.1 Å². The molecule has 11 aromatic rings. The first-order chi connectivity index (χ1) is 27.3. The third-order valence-electron chi connectivity index (χ3n) is 11.0. The van der Waals surface area contributed by atoms with Crippen LogP contribution in [0.5, 0.6) is 0 Å². The lowest BCUT2D eigenvalue weighted by Gasteiger charge is -2.16. The van der Waals surface area contributed by atoms with Gasteiger partial charge < -0.3 is 4.57 Å². The Labute approximate surface area is 318 Å². The van der Waals surface area contributed by atoms with Gasteiger partial charge in [0, 0.05) is 38.7 Å². The molecule has 0 aliphatic heterocycles. The molecule has 9 aromatic carbocycles. The molecule has 0 amide bonds. The highest BCUT2D eigenvalue weighted by molar-refractivity contribution is 6.21. The second-order valence-electron chi connectivity index (χ2n) is 14.2. The van der Waals surface area contributed by atoms with Gasteiger partial charge in [0.25, 0.3) is 0 Å². The van der Waals surface area contributed by atoms with E-state index in [1.807, 2.05) is 6.07 Å². The molecule has 0 unspecified atom stereocenters. The van der Waals surface area contributed by atoms with E-state index in [-0.39, 0.29) is 0 Å². The van der Waals surface area contributed by atoms with Gasteiger partial charge in [-0.2, -0.15) is 0 Å². The van der Waals surface area contributed by atoms with Gasteiger partial charge in [-0.15, -0.1) is 0 Å². The van der Waals surface area contributed by atoms with Gasteiger partial charge in [-0.25, -0.2) is 9.97 Å². The number of aromatic nitrogens is 3. The minimum absolute atomic E-state index is 0.704. The van der Waals surface area contributed by atoms with E-state index in [2.05, 4.69) is 199 Å². The highest BCUT2D eigenvalue weighted by atomic mass is 15.0. The van der Waals surface area contributed by atoms with Crippen LogP contribution in [0.2, 0.25) is 0 Å². The van der Waals surface area contributed by atoms with Gasteiger partial charge in [-0.05, 0) is 68.2 Å². The summed E-state index contributed by atoms with van der Waals surface area (Å²) in [5.74, 6) is 0.704. The predicted molar refractivity (Wildman–Crippen MR) is 231 cm³/mol. The lowest BCUT2D eigenvalue weighted by Crippen LogP contribution is -1.97. The minimum Gasteiger partial charge on any atom is -0.309 e. The van der Waals surface area contributed by atoms with Gasteiger partial charge in [0.05, 0.1) is 22.4 Å². The fourth-order valence-corrected chi connectivity index (χ4v) is 8.46. The molecule has 0 bridgehead atoms. The van der Waals surface area contributed by atoms with E-state index in [0.717, 1.165) is 39.3 Å². The van der Waals surface area contributed by atoms with Crippen LogP contribution in [-0.4, -0.2) is 14.5 Å². The van der Waals surface area contributed by atoms with Gasteiger partial charge >= 0.3 is 0 Å². The Morgan fingerprint density at radius 1 is 0.364 bits per heavy atom. The molecular weight excluding hydrogens is 667 g/mol. The topological polar surface area (TPSA) is 30.7 Å². The standard InChI is InChI=1S/C52H33N3/c1-3-15-37(16-4-1)52-53-46(33-47(54-52)50-42-21-10-8-17-38(42)32-39-31-28-34-14-7-9-20-41(34)49(39)50)36-29-26-35(27-30-36)43-23-13-24-45-44-22-11-12-25-48(44)55(51(43)45)40-18-5-2-6-19-40/h1-33H. The Hall–Kier alpha value is -7.36. The zero-order valence-corrected chi connectivity index (χ0v) is 29.9. The Balaban J connectivity index is 1.13. The summed E-state index contributed by atoms with van der Waals surface area (Å²) in [5.41, 5.74) is 10.8. The summed E-state index contributed by atoms with van der Waals surface area (Å²) in [6, 6.07) is 71.5. The lowest BCUT2D eigenvalue weighted by atomic mass is 9.90. The molecule has 0 spiro atoms. The fraction of sp³-hybridized carbons (Fsp3) is 0. The van der Waals surface area contributed by atoms with E-state index < -0.39 is 0 Å². The van der Waals surface area contributed by atoms with E-state index in [4.69, 9.17) is 9.97 Å². The number of rotatable bonds is 5. The summed E-state index contributed by atoms with van der Waals surface area (Å²) >= 11 is 0. The van der Waals surface area contributed by atoms with Gasteiger partial charge in [0.15, 0.2) is 5.82 Å².